The molecule has 0 radical (unpaired) electrons. The Kier molecular flexibility index (Phi) is 4.16. The Hall–Kier alpha value is -1.17. The van der Waals surface area contributed by atoms with Gasteiger partial charge in [0.1, 0.15) is 0 Å². The molecule has 0 aliphatic heterocycles. The van der Waals surface area contributed by atoms with E-state index in [0.717, 1.165) is 24.8 Å². The van der Waals surface area contributed by atoms with Gasteiger partial charge in [0.05, 0.1) is 22.7 Å². The summed E-state index contributed by atoms with van der Waals surface area (Å²) in [5, 5.41) is 10.9. The Morgan fingerprint density at radius 2 is 2.28 bits per heavy atom. The number of hydrogen-bond donors (Lipinski definition) is 1. The molecular formula is C12H15ClN2O3. The molecule has 0 heterocycles. The molecule has 1 aliphatic carbocycles. The van der Waals surface area contributed by atoms with Crippen LogP contribution in [0.2, 0.25) is 5.02 Å². The molecule has 5 nitrogen and oxygen atoms in total. The topological polar surface area (TPSA) is 78.4 Å². The van der Waals surface area contributed by atoms with Crippen molar-refractivity contribution in [3.63, 3.8) is 0 Å². The second-order valence-electron chi connectivity index (χ2n) is 4.54. The molecule has 0 bridgehead atoms. The number of nitrogens with zero attached hydrogens (tertiary/aromatic N) is 1. The SMILES string of the molecule is NC1CCC(OCc2ccc([N+](=O)[O-])cc2Cl)C1. The first-order chi connectivity index (χ1) is 8.56. The van der Waals surface area contributed by atoms with Crippen LogP contribution >= 0.6 is 11.6 Å². The van der Waals surface area contributed by atoms with Crippen LogP contribution in [-0.2, 0) is 11.3 Å². The molecule has 1 aromatic rings. The van der Waals surface area contributed by atoms with Gasteiger partial charge in [-0.15, -0.1) is 0 Å². The molecule has 0 spiro atoms. The highest BCUT2D eigenvalue weighted by Gasteiger charge is 2.22. The fraction of sp³-hybridized carbons (Fsp3) is 0.500. The zero-order chi connectivity index (χ0) is 13.1. The van der Waals surface area contributed by atoms with Crippen molar-refractivity contribution < 1.29 is 9.66 Å². The number of nitrogens with two attached hydrogens (primary N) is 1. The number of benzene rings is 1. The first-order valence-electron chi connectivity index (χ1n) is 5.86. The van der Waals surface area contributed by atoms with Crippen molar-refractivity contribution in [1.82, 2.24) is 0 Å². The lowest BCUT2D eigenvalue weighted by atomic mass is 10.2. The molecule has 2 unspecified atom stereocenters. The zero-order valence-electron chi connectivity index (χ0n) is 9.84. The van der Waals surface area contributed by atoms with E-state index in [1.165, 1.54) is 12.1 Å². The van der Waals surface area contributed by atoms with Gasteiger partial charge in [-0.25, -0.2) is 0 Å². The first-order valence-corrected chi connectivity index (χ1v) is 6.24. The normalized spacial score (nSPS) is 23.2. The monoisotopic (exact) mass is 270 g/mol. The van der Waals surface area contributed by atoms with Crippen LogP contribution in [0.25, 0.3) is 0 Å². The number of hydrogen-bond acceptors (Lipinski definition) is 4. The highest BCUT2D eigenvalue weighted by molar-refractivity contribution is 6.31. The molecule has 2 N–H and O–H groups in total. The second-order valence-corrected chi connectivity index (χ2v) is 4.95. The first kappa shape index (κ1) is 13.3. The lowest BCUT2D eigenvalue weighted by Gasteiger charge is -2.12. The highest BCUT2D eigenvalue weighted by atomic mass is 35.5. The van der Waals surface area contributed by atoms with E-state index in [0.29, 0.717) is 11.6 Å². The molecule has 1 fully saturated rings. The third kappa shape index (κ3) is 3.19. The largest absolute Gasteiger partial charge is 0.373 e. The van der Waals surface area contributed by atoms with Gasteiger partial charge in [0.2, 0.25) is 0 Å². The average molecular weight is 271 g/mol. The summed E-state index contributed by atoms with van der Waals surface area (Å²) in [5.74, 6) is 0. The molecule has 98 valence electrons. The molecule has 1 aliphatic rings. The van der Waals surface area contributed by atoms with Gasteiger partial charge in [0.15, 0.2) is 0 Å². The summed E-state index contributed by atoms with van der Waals surface area (Å²) in [6.07, 6.45) is 2.99. The Bertz CT molecular complexity index is 453. The molecule has 0 saturated heterocycles. The minimum atomic E-state index is -0.466. The molecular weight excluding hydrogens is 256 g/mol. The van der Waals surface area contributed by atoms with E-state index in [2.05, 4.69) is 0 Å². The van der Waals surface area contributed by atoms with Crippen molar-refractivity contribution in [1.29, 1.82) is 0 Å². The number of nitro benzene ring substituents is 1. The summed E-state index contributed by atoms with van der Waals surface area (Å²) in [4.78, 5) is 10.1. The molecule has 2 rings (SSSR count). The van der Waals surface area contributed by atoms with E-state index < -0.39 is 4.92 Å². The molecule has 0 aromatic heterocycles. The summed E-state index contributed by atoms with van der Waals surface area (Å²) in [6, 6.07) is 4.64. The van der Waals surface area contributed by atoms with E-state index in [-0.39, 0.29) is 17.8 Å². The zero-order valence-corrected chi connectivity index (χ0v) is 10.6. The van der Waals surface area contributed by atoms with Gasteiger partial charge in [0.25, 0.3) is 5.69 Å². The Labute approximate surface area is 110 Å². The van der Waals surface area contributed by atoms with Gasteiger partial charge < -0.3 is 10.5 Å². The molecule has 18 heavy (non-hydrogen) atoms. The summed E-state index contributed by atoms with van der Waals surface area (Å²) in [7, 11) is 0. The number of nitro groups is 1. The average Bonchev–Trinajstić information content (AvgIpc) is 2.73. The van der Waals surface area contributed by atoms with Crippen molar-refractivity contribution in [3.8, 4) is 0 Å². The number of ether oxygens (including phenoxy) is 1. The van der Waals surface area contributed by atoms with Crippen molar-refractivity contribution in [2.75, 3.05) is 0 Å². The van der Waals surface area contributed by atoms with Crippen LogP contribution in [-0.4, -0.2) is 17.1 Å². The molecule has 1 aromatic carbocycles. The predicted molar refractivity (Wildman–Crippen MR) is 68.5 cm³/mol. The van der Waals surface area contributed by atoms with Gasteiger partial charge >= 0.3 is 0 Å². The Morgan fingerprint density at radius 3 is 2.83 bits per heavy atom. The maximum atomic E-state index is 10.6. The lowest BCUT2D eigenvalue weighted by Crippen LogP contribution is -2.17. The summed E-state index contributed by atoms with van der Waals surface area (Å²) in [6.45, 7) is 0.369. The molecule has 1 saturated carbocycles. The van der Waals surface area contributed by atoms with E-state index in [9.17, 15) is 10.1 Å². The third-order valence-electron chi connectivity index (χ3n) is 3.15. The van der Waals surface area contributed by atoms with E-state index in [1.807, 2.05) is 0 Å². The van der Waals surface area contributed by atoms with Crippen LogP contribution in [0.1, 0.15) is 24.8 Å². The van der Waals surface area contributed by atoms with Crippen LogP contribution in [0.15, 0.2) is 18.2 Å². The molecule has 0 amide bonds. The van der Waals surface area contributed by atoms with Crippen molar-refractivity contribution in [2.24, 2.45) is 5.73 Å². The number of non-ortho nitro benzene ring substituents is 1. The van der Waals surface area contributed by atoms with Crippen molar-refractivity contribution in [3.05, 3.63) is 38.9 Å². The fourth-order valence-electron chi connectivity index (χ4n) is 2.10. The molecule has 6 heteroatoms. The number of rotatable bonds is 4. The Balaban J connectivity index is 1.95. The van der Waals surface area contributed by atoms with Crippen LogP contribution in [0.4, 0.5) is 5.69 Å². The minimum absolute atomic E-state index is 0.00774. The quantitative estimate of drug-likeness (QED) is 0.674. The van der Waals surface area contributed by atoms with E-state index in [1.54, 1.807) is 6.07 Å². The van der Waals surface area contributed by atoms with Crippen LogP contribution in [0, 0.1) is 10.1 Å². The van der Waals surface area contributed by atoms with Crippen molar-refractivity contribution >= 4 is 17.3 Å². The fourth-order valence-corrected chi connectivity index (χ4v) is 2.33. The van der Waals surface area contributed by atoms with Gasteiger partial charge in [-0.05, 0) is 30.9 Å². The van der Waals surface area contributed by atoms with Crippen LogP contribution in [0.5, 0.6) is 0 Å². The van der Waals surface area contributed by atoms with Crippen LogP contribution in [0.3, 0.4) is 0 Å². The van der Waals surface area contributed by atoms with Gasteiger partial charge in [0, 0.05) is 18.2 Å². The van der Waals surface area contributed by atoms with E-state index >= 15 is 0 Å². The van der Waals surface area contributed by atoms with Gasteiger partial charge in [-0.3, -0.25) is 10.1 Å². The maximum absolute atomic E-state index is 10.6. The maximum Gasteiger partial charge on any atom is 0.270 e. The van der Waals surface area contributed by atoms with Gasteiger partial charge in [-0.1, -0.05) is 11.6 Å². The summed E-state index contributed by atoms with van der Waals surface area (Å²) < 4.78 is 5.71. The molecule has 2 atom stereocenters. The van der Waals surface area contributed by atoms with Gasteiger partial charge in [-0.2, -0.15) is 0 Å². The van der Waals surface area contributed by atoms with Crippen molar-refractivity contribution in [2.45, 2.75) is 38.0 Å². The minimum Gasteiger partial charge on any atom is -0.373 e. The third-order valence-corrected chi connectivity index (χ3v) is 3.50. The van der Waals surface area contributed by atoms with Crippen LogP contribution < -0.4 is 5.73 Å². The standard InChI is InChI=1S/C12H15ClN2O3/c13-12-6-10(15(16)17)3-1-8(12)7-18-11-4-2-9(14)5-11/h1,3,6,9,11H,2,4-5,7,14H2. The Morgan fingerprint density at radius 1 is 1.50 bits per heavy atom. The summed E-state index contributed by atoms with van der Waals surface area (Å²) in [5.41, 5.74) is 6.55. The van der Waals surface area contributed by atoms with E-state index in [4.69, 9.17) is 22.1 Å². The lowest BCUT2D eigenvalue weighted by molar-refractivity contribution is -0.384. The predicted octanol–water partition coefficient (Wildman–Crippen LogP) is 2.64. The number of halogens is 1. The second kappa shape index (κ2) is 5.65. The highest BCUT2D eigenvalue weighted by Crippen LogP contribution is 2.26. The summed E-state index contributed by atoms with van der Waals surface area (Å²) >= 11 is 5.98. The smallest absolute Gasteiger partial charge is 0.270 e.